The highest BCUT2D eigenvalue weighted by Crippen LogP contribution is 2.17. The molecule has 5 heteroatoms. The van der Waals surface area contributed by atoms with E-state index in [4.69, 9.17) is 9.47 Å². The molecule has 0 heterocycles. The van der Waals surface area contributed by atoms with E-state index in [1.54, 1.807) is 12.1 Å². The molecule has 1 N–H and O–H groups in total. The number of para-hydroxylation sites is 1. The van der Waals surface area contributed by atoms with Crippen LogP contribution in [-0.2, 0) is 14.3 Å². The first-order valence-corrected chi connectivity index (χ1v) is 8.37. The molecular weight excluding hydrogens is 318 g/mol. The van der Waals surface area contributed by atoms with Gasteiger partial charge in [0.15, 0.2) is 13.2 Å². The average Bonchev–Trinajstić information content (AvgIpc) is 2.66. The Morgan fingerprint density at radius 1 is 0.960 bits per heavy atom. The first kappa shape index (κ1) is 18.5. The van der Waals surface area contributed by atoms with Crippen molar-refractivity contribution in [3.05, 3.63) is 66.2 Å². The number of nitrogens with one attached hydrogen (secondary N) is 1. The van der Waals surface area contributed by atoms with Crippen molar-refractivity contribution in [3.8, 4) is 5.75 Å². The molecule has 0 saturated carbocycles. The van der Waals surface area contributed by atoms with Crippen molar-refractivity contribution in [1.29, 1.82) is 0 Å². The van der Waals surface area contributed by atoms with E-state index < -0.39 is 5.97 Å². The molecule has 0 saturated heterocycles. The minimum absolute atomic E-state index is 0.0852. The van der Waals surface area contributed by atoms with Crippen LogP contribution in [0.5, 0.6) is 5.75 Å². The predicted molar refractivity (Wildman–Crippen MR) is 95.1 cm³/mol. The highest BCUT2D eigenvalue weighted by atomic mass is 16.6. The number of benzene rings is 2. The minimum Gasteiger partial charge on any atom is -0.482 e. The Bertz CT molecular complexity index is 658. The van der Waals surface area contributed by atoms with Gasteiger partial charge >= 0.3 is 5.97 Å². The van der Waals surface area contributed by atoms with Gasteiger partial charge in [-0.2, -0.15) is 0 Å². The van der Waals surface area contributed by atoms with Crippen molar-refractivity contribution < 1.29 is 19.1 Å². The van der Waals surface area contributed by atoms with Crippen molar-refractivity contribution in [3.63, 3.8) is 0 Å². The maximum atomic E-state index is 12.1. The van der Waals surface area contributed by atoms with E-state index in [0.29, 0.717) is 5.75 Å². The maximum Gasteiger partial charge on any atom is 0.344 e. The molecule has 25 heavy (non-hydrogen) atoms. The average molecular weight is 341 g/mol. The van der Waals surface area contributed by atoms with Gasteiger partial charge < -0.3 is 14.8 Å². The quantitative estimate of drug-likeness (QED) is 0.711. The van der Waals surface area contributed by atoms with Crippen LogP contribution in [0.25, 0.3) is 0 Å². The zero-order chi connectivity index (χ0) is 17.9. The molecule has 2 aromatic rings. The fourth-order valence-electron chi connectivity index (χ4n) is 2.38. The summed E-state index contributed by atoms with van der Waals surface area (Å²) in [7, 11) is 0. The summed E-state index contributed by atoms with van der Waals surface area (Å²) < 4.78 is 10.2. The van der Waals surface area contributed by atoms with Crippen molar-refractivity contribution in [1.82, 2.24) is 5.32 Å². The van der Waals surface area contributed by atoms with Crippen molar-refractivity contribution in [2.24, 2.45) is 0 Å². The summed E-state index contributed by atoms with van der Waals surface area (Å²) in [5, 5.41) is 2.91. The smallest absolute Gasteiger partial charge is 0.344 e. The van der Waals surface area contributed by atoms with Gasteiger partial charge in [-0.05, 0) is 24.1 Å². The third-order valence-electron chi connectivity index (χ3n) is 3.58. The molecule has 0 bridgehead atoms. The van der Waals surface area contributed by atoms with Crippen LogP contribution in [0.4, 0.5) is 0 Å². The molecule has 2 aromatic carbocycles. The molecule has 132 valence electrons. The third-order valence-corrected chi connectivity index (χ3v) is 3.58. The number of rotatable bonds is 9. The Morgan fingerprint density at radius 2 is 1.60 bits per heavy atom. The Hall–Kier alpha value is -2.82. The van der Waals surface area contributed by atoms with E-state index in [0.717, 1.165) is 18.4 Å². The number of esters is 1. The highest BCUT2D eigenvalue weighted by molar-refractivity contribution is 5.81. The SMILES string of the molecule is CCCC(NC(=O)COC(=O)COc1ccccc1)c1ccccc1. The molecular formula is C20H23NO4. The lowest BCUT2D eigenvalue weighted by Gasteiger charge is -2.18. The van der Waals surface area contributed by atoms with Crippen molar-refractivity contribution >= 4 is 11.9 Å². The molecule has 5 nitrogen and oxygen atoms in total. The van der Waals surface area contributed by atoms with Gasteiger partial charge in [0.05, 0.1) is 6.04 Å². The van der Waals surface area contributed by atoms with E-state index >= 15 is 0 Å². The molecule has 1 amide bonds. The monoisotopic (exact) mass is 341 g/mol. The van der Waals surface area contributed by atoms with E-state index in [-0.39, 0.29) is 25.2 Å². The fourth-order valence-corrected chi connectivity index (χ4v) is 2.38. The molecule has 2 rings (SSSR count). The first-order chi connectivity index (χ1) is 12.2. The summed E-state index contributed by atoms with van der Waals surface area (Å²) in [5.41, 5.74) is 1.04. The molecule has 0 spiro atoms. The second-order valence-corrected chi connectivity index (χ2v) is 5.58. The fraction of sp³-hybridized carbons (Fsp3) is 0.300. The van der Waals surface area contributed by atoms with Crippen LogP contribution in [-0.4, -0.2) is 25.1 Å². The number of amides is 1. The normalized spacial score (nSPS) is 11.4. The Morgan fingerprint density at radius 3 is 2.24 bits per heavy atom. The molecule has 0 aliphatic rings. The van der Waals surface area contributed by atoms with Crippen molar-refractivity contribution in [2.75, 3.05) is 13.2 Å². The Balaban J connectivity index is 1.75. The van der Waals surface area contributed by atoms with Gasteiger partial charge in [-0.1, -0.05) is 61.9 Å². The van der Waals surface area contributed by atoms with Gasteiger partial charge in [0.25, 0.3) is 5.91 Å². The predicted octanol–water partition coefficient (Wildman–Crippen LogP) is 3.27. The maximum absolute atomic E-state index is 12.1. The largest absolute Gasteiger partial charge is 0.482 e. The van der Waals surface area contributed by atoms with Crippen LogP contribution in [0.2, 0.25) is 0 Å². The van der Waals surface area contributed by atoms with Gasteiger partial charge in [-0.3, -0.25) is 4.79 Å². The van der Waals surface area contributed by atoms with Crippen LogP contribution in [0, 0.1) is 0 Å². The molecule has 0 radical (unpaired) electrons. The molecule has 1 atom stereocenters. The number of hydrogen-bond acceptors (Lipinski definition) is 4. The summed E-state index contributed by atoms with van der Waals surface area (Å²) in [4.78, 5) is 23.7. The van der Waals surface area contributed by atoms with Crippen LogP contribution in [0.1, 0.15) is 31.4 Å². The van der Waals surface area contributed by atoms with E-state index in [2.05, 4.69) is 12.2 Å². The number of carbonyl (C=O) groups excluding carboxylic acids is 2. The molecule has 1 unspecified atom stereocenters. The zero-order valence-electron chi connectivity index (χ0n) is 14.3. The number of ether oxygens (including phenoxy) is 2. The van der Waals surface area contributed by atoms with Gasteiger partial charge in [-0.15, -0.1) is 0 Å². The molecule has 0 aliphatic heterocycles. The summed E-state index contributed by atoms with van der Waals surface area (Å²) in [5.74, 6) is -0.322. The lowest BCUT2D eigenvalue weighted by molar-refractivity contribution is -0.150. The second kappa shape index (κ2) is 10.1. The number of carbonyl (C=O) groups is 2. The van der Waals surface area contributed by atoms with Gasteiger partial charge in [0.1, 0.15) is 5.75 Å². The lowest BCUT2D eigenvalue weighted by Crippen LogP contribution is -2.33. The van der Waals surface area contributed by atoms with Crippen LogP contribution < -0.4 is 10.1 Å². The van der Waals surface area contributed by atoms with Gasteiger partial charge in [0, 0.05) is 0 Å². The van der Waals surface area contributed by atoms with Gasteiger partial charge in [0.2, 0.25) is 0 Å². The topological polar surface area (TPSA) is 64.6 Å². The second-order valence-electron chi connectivity index (χ2n) is 5.58. The highest BCUT2D eigenvalue weighted by Gasteiger charge is 2.15. The van der Waals surface area contributed by atoms with E-state index in [9.17, 15) is 9.59 Å². The van der Waals surface area contributed by atoms with E-state index in [1.165, 1.54) is 0 Å². The standard InChI is InChI=1S/C20H23NO4/c1-2-9-18(16-10-5-3-6-11-16)21-19(22)14-25-20(23)15-24-17-12-7-4-8-13-17/h3-8,10-13,18H,2,9,14-15H2,1H3,(H,21,22). The van der Waals surface area contributed by atoms with Crippen molar-refractivity contribution in [2.45, 2.75) is 25.8 Å². The minimum atomic E-state index is -0.578. The molecule has 0 fully saturated rings. The summed E-state index contributed by atoms with van der Waals surface area (Å²) in [6.45, 7) is 1.52. The first-order valence-electron chi connectivity index (χ1n) is 8.37. The van der Waals surface area contributed by atoms with Gasteiger partial charge in [-0.25, -0.2) is 4.79 Å². The van der Waals surface area contributed by atoms with Crippen LogP contribution >= 0.6 is 0 Å². The molecule has 0 aromatic heterocycles. The number of hydrogen-bond donors (Lipinski definition) is 1. The summed E-state index contributed by atoms with van der Waals surface area (Å²) >= 11 is 0. The lowest BCUT2D eigenvalue weighted by atomic mass is 10.0. The van der Waals surface area contributed by atoms with Crippen LogP contribution in [0.3, 0.4) is 0 Å². The summed E-state index contributed by atoms with van der Waals surface area (Å²) in [6.07, 6.45) is 1.76. The third kappa shape index (κ3) is 6.67. The molecule has 0 aliphatic carbocycles. The Labute approximate surface area is 148 Å². The zero-order valence-corrected chi connectivity index (χ0v) is 14.3. The van der Waals surface area contributed by atoms with Crippen LogP contribution in [0.15, 0.2) is 60.7 Å². The Kier molecular flexibility index (Phi) is 7.50. The van der Waals surface area contributed by atoms with E-state index in [1.807, 2.05) is 48.5 Å². The summed E-state index contributed by atoms with van der Waals surface area (Å²) in [6, 6.07) is 18.6.